The van der Waals surface area contributed by atoms with Gasteiger partial charge in [0, 0.05) is 0 Å². The molecule has 4 aliphatic rings. The van der Waals surface area contributed by atoms with E-state index in [1.165, 1.54) is 0 Å². The Kier molecular flexibility index (Phi) is 5.56. The van der Waals surface area contributed by atoms with Gasteiger partial charge in [0.15, 0.2) is 0 Å². The third kappa shape index (κ3) is 4.13. The van der Waals surface area contributed by atoms with Crippen molar-refractivity contribution in [2.45, 2.75) is 48.2 Å². The fourth-order valence-corrected chi connectivity index (χ4v) is 7.21. The van der Waals surface area contributed by atoms with Crippen LogP contribution >= 0.6 is 0 Å². The number of rotatable bonds is 3. The molecule has 3 nitrogen and oxygen atoms in total. The molecule has 0 amide bonds. The molecule has 7 rings (SSSR count). The zero-order valence-corrected chi connectivity index (χ0v) is 19.2. The van der Waals surface area contributed by atoms with Crippen molar-refractivity contribution in [3.63, 3.8) is 0 Å². The summed E-state index contributed by atoms with van der Waals surface area (Å²) in [6, 6.07) is 19.2. The molecular formula is C24H24O3SSe. The van der Waals surface area contributed by atoms with Crippen LogP contribution in [-0.2, 0) is 39.4 Å². The summed E-state index contributed by atoms with van der Waals surface area (Å²) < 4.78 is 40.1. The Morgan fingerprint density at radius 2 is 1.34 bits per heavy atom. The summed E-state index contributed by atoms with van der Waals surface area (Å²) in [4.78, 5) is 0.735. The van der Waals surface area contributed by atoms with E-state index in [1.54, 1.807) is 18.0 Å². The summed E-state index contributed by atoms with van der Waals surface area (Å²) in [7, 11) is -3.59. The van der Waals surface area contributed by atoms with Crippen LogP contribution in [0.2, 0.25) is 5.82 Å². The van der Waals surface area contributed by atoms with E-state index in [1.807, 2.05) is 37.3 Å². The van der Waals surface area contributed by atoms with Gasteiger partial charge in [-0.1, -0.05) is 0 Å². The topological polar surface area (TPSA) is 51.2 Å². The van der Waals surface area contributed by atoms with Crippen molar-refractivity contribution < 1.29 is 12.3 Å². The molecule has 29 heavy (non-hydrogen) atoms. The van der Waals surface area contributed by atoms with E-state index < -0.39 is 23.7 Å². The van der Waals surface area contributed by atoms with E-state index in [9.17, 15) is 12.3 Å². The SMILES string of the molecule is Cc1ccc(S(=O)(=O)c2cc3ccc2CCc2ccc(cc2[Se](C)=O)CC3)cc1. The molecule has 0 radical (unpaired) electrons. The van der Waals surface area contributed by atoms with E-state index in [-0.39, 0.29) is 0 Å². The third-order valence-electron chi connectivity index (χ3n) is 5.56. The van der Waals surface area contributed by atoms with Gasteiger partial charge in [-0.05, 0) is 0 Å². The zero-order chi connectivity index (χ0) is 20.6. The van der Waals surface area contributed by atoms with Crippen LogP contribution in [-0.4, -0.2) is 22.3 Å². The van der Waals surface area contributed by atoms with Crippen LogP contribution in [0.15, 0.2) is 70.5 Å². The molecule has 4 bridgehead atoms. The van der Waals surface area contributed by atoms with Gasteiger partial charge in [0.25, 0.3) is 0 Å². The molecule has 0 heterocycles. The average molecular weight is 471 g/mol. The molecule has 1 atom stereocenters. The molecule has 1 unspecified atom stereocenters. The van der Waals surface area contributed by atoms with Gasteiger partial charge in [-0.2, -0.15) is 0 Å². The molecule has 5 heteroatoms. The van der Waals surface area contributed by atoms with Crippen LogP contribution < -0.4 is 4.46 Å². The van der Waals surface area contributed by atoms with Gasteiger partial charge < -0.3 is 0 Å². The number of hydrogen-bond donors (Lipinski definition) is 0. The molecular weight excluding hydrogens is 447 g/mol. The van der Waals surface area contributed by atoms with Gasteiger partial charge in [0.05, 0.1) is 0 Å². The predicted molar refractivity (Wildman–Crippen MR) is 116 cm³/mol. The predicted octanol–water partition coefficient (Wildman–Crippen LogP) is 3.97. The van der Waals surface area contributed by atoms with Crippen molar-refractivity contribution >= 4 is 28.1 Å². The number of benzene rings is 3. The normalized spacial score (nSPS) is 15.0. The van der Waals surface area contributed by atoms with Crippen LogP contribution in [0.4, 0.5) is 0 Å². The summed E-state index contributed by atoms with van der Waals surface area (Å²) in [5.41, 5.74) is 5.09. The Morgan fingerprint density at radius 3 is 2.00 bits per heavy atom. The standard InChI is InChI=1S/C24H24O3SSe/c1-17-3-13-22(14-4-17)28(25,26)23-15-18-5-6-19-8-10-21(24(16-19)29(2)27)12-11-20(23)9-7-18/h3-4,7-10,13-16H,5-6,11-12H2,1-2H3. The summed E-state index contributed by atoms with van der Waals surface area (Å²) in [6.07, 6.45) is 2.84. The molecule has 0 fully saturated rings. The van der Waals surface area contributed by atoms with Gasteiger partial charge >= 0.3 is 177 Å². The van der Waals surface area contributed by atoms with E-state index in [0.29, 0.717) is 22.6 Å². The molecule has 0 spiro atoms. The van der Waals surface area contributed by atoms with Crippen LogP contribution in [0.5, 0.6) is 0 Å². The second kappa shape index (κ2) is 7.98. The summed E-state index contributed by atoms with van der Waals surface area (Å²) in [6.45, 7) is 1.95. The molecule has 0 aliphatic heterocycles. The second-order valence-corrected chi connectivity index (χ2v) is 12.4. The van der Waals surface area contributed by atoms with Crippen LogP contribution in [0, 0.1) is 6.92 Å². The van der Waals surface area contributed by atoms with E-state index in [0.717, 1.165) is 45.1 Å². The third-order valence-corrected chi connectivity index (χ3v) is 9.51. The van der Waals surface area contributed by atoms with Crippen molar-refractivity contribution in [1.29, 1.82) is 0 Å². The fraction of sp³-hybridized carbons (Fsp3) is 0.250. The molecule has 4 aliphatic carbocycles. The van der Waals surface area contributed by atoms with Crippen molar-refractivity contribution in [2.75, 3.05) is 0 Å². The second-order valence-electron chi connectivity index (χ2n) is 7.65. The molecule has 3 aromatic rings. The molecule has 0 saturated carbocycles. The monoisotopic (exact) mass is 472 g/mol. The van der Waals surface area contributed by atoms with Crippen molar-refractivity contribution in [2.24, 2.45) is 0 Å². The molecule has 0 N–H and O–H groups in total. The van der Waals surface area contributed by atoms with Gasteiger partial charge in [-0.3, -0.25) is 0 Å². The Balaban J connectivity index is 1.81. The van der Waals surface area contributed by atoms with E-state index in [2.05, 4.69) is 18.2 Å². The van der Waals surface area contributed by atoms with Crippen LogP contribution in [0.1, 0.15) is 27.8 Å². The Hall–Kier alpha value is -2.07. The molecule has 0 aromatic heterocycles. The van der Waals surface area contributed by atoms with Crippen LogP contribution in [0.3, 0.4) is 0 Å². The summed E-state index contributed by atoms with van der Waals surface area (Å²) in [5, 5.41) is 0. The van der Waals surface area contributed by atoms with Crippen molar-refractivity contribution in [1.82, 2.24) is 0 Å². The Bertz CT molecular complexity index is 1200. The quantitative estimate of drug-likeness (QED) is 0.544. The van der Waals surface area contributed by atoms with E-state index in [4.69, 9.17) is 0 Å². The first-order valence-corrected chi connectivity index (χ1v) is 14.5. The van der Waals surface area contributed by atoms with Crippen LogP contribution in [0.25, 0.3) is 0 Å². The van der Waals surface area contributed by atoms with Crippen molar-refractivity contribution in [3.05, 3.63) is 88.5 Å². The number of hydrogen-bond acceptors (Lipinski definition) is 3. The maximum absolute atomic E-state index is 13.4. The summed E-state index contributed by atoms with van der Waals surface area (Å²) >= 11 is -2.05. The molecule has 3 aromatic carbocycles. The van der Waals surface area contributed by atoms with Crippen molar-refractivity contribution in [3.8, 4) is 0 Å². The van der Waals surface area contributed by atoms with Gasteiger partial charge in [-0.25, -0.2) is 0 Å². The maximum atomic E-state index is 13.4. The number of aryl methyl sites for hydroxylation is 5. The number of sulfone groups is 1. The Labute approximate surface area is 176 Å². The average Bonchev–Trinajstić information content (AvgIpc) is 2.69. The van der Waals surface area contributed by atoms with Gasteiger partial charge in [0.1, 0.15) is 0 Å². The zero-order valence-electron chi connectivity index (χ0n) is 16.6. The first-order valence-electron chi connectivity index (χ1n) is 9.73. The van der Waals surface area contributed by atoms with Gasteiger partial charge in [-0.15, -0.1) is 0 Å². The first kappa shape index (κ1) is 20.2. The van der Waals surface area contributed by atoms with Gasteiger partial charge in [0.2, 0.25) is 0 Å². The minimum absolute atomic E-state index is 0.331. The van der Waals surface area contributed by atoms with E-state index >= 15 is 0 Å². The molecule has 0 saturated heterocycles. The first-order chi connectivity index (χ1) is 13.8. The molecule has 150 valence electrons. The Morgan fingerprint density at radius 1 is 0.759 bits per heavy atom. The fourth-order valence-electron chi connectivity index (χ4n) is 3.84. The minimum atomic E-state index is -3.59. The summed E-state index contributed by atoms with van der Waals surface area (Å²) in [5.74, 6) is 1.80.